The summed E-state index contributed by atoms with van der Waals surface area (Å²) in [7, 11) is 4.99. The van der Waals surface area contributed by atoms with Gasteiger partial charge >= 0.3 is 23.9 Å². The Morgan fingerprint density at radius 1 is 0.585 bits per heavy atom. The third-order valence-corrected chi connectivity index (χ3v) is 8.09. The van der Waals surface area contributed by atoms with Gasteiger partial charge in [-0.15, -0.1) is 0 Å². The van der Waals surface area contributed by atoms with Crippen LogP contribution >= 0.6 is 0 Å². The van der Waals surface area contributed by atoms with Crippen molar-refractivity contribution >= 4 is 57.3 Å². The van der Waals surface area contributed by atoms with Crippen LogP contribution in [0.15, 0.2) is 66.9 Å². The fourth-order valence-corrected chi connectivity index (χ4v) is 5.22. The zero-order valence-electron chi connectivity index (χ0n) is 30.1. The Bertz CT molecular complexity index is 1960. The van der Waals surface area contributed by atoms with Crippen molar-refractivity contribution in [2.75, 3.05) is 92.7 Å². The molecule has 278 valence electrons. The van der Waals surface area contributed by atoms with E-state index in [-0.39, 0.29) is 64.8 Å². The van der Waals surface area contributed by atoms with Crippen LogP contribution in [-0.4, -0.2) is 142 Å². The molecule has 0 aliphatic rings. The highest BCUT2D eigenvalue weighted by Crippen LogP contribution is 2.22. The van der Waals surface area contributed by atoms with Crippen LogP contribution in [0.3, 0.4) is 0 Å². The van der Waals surface area contributed by atoms with Gasteiger partial charge in [0.25, 0.3) is 0 Å². The molecule has 1 amide bonds. The number of benzene rings is 2. The minimum atomic E-state index is -0.548. The topological polar surface area (TPSA) is 170 Å². The molecule has 15 nitrogen and oxygen atoms in total. The number of nitrogens with zero attached hydrogens (tertiary/aromatic N) is 5. The highest BCUT2D eigenvalue weighted by molar-refractivity contribution is 6.02. The van der Waals surface area contributed by atoms with Crippen LogP contribution in [-0.2, 0) is 42.9 Å². The van der Waals surface area contributed by atoms with Crippen LogP contribution < -0.4 is 5.32 Å². The molecule has 0 aliphatic carbocycles. The average molecular weight is 727 g/mol. The second-order valence-corrected chi connectivity index (χ2v) is 11.8. The summed E-state index contributed by atoms with van der Waals surface area (Å²) in [5.41, 5.74) is 3.44. The van der Waals surface area contributed by atoms with E-state index in [1.54, 1.807) is 40.3 Å². The quantitative estimate of drug-likeness (QED) is 0.0722. The maximum absolute atomic E-state index is 13.1. The van der Waals surface area contributed by atoms with Gasteiger partial charge in [-0.05, 0) is 48.4 Å². The Balaban J connectivity index is 1.38. The summed E-state index contributed by atoms with van der Waals surface area (Å²) in [6.07, 6.45) is 1.74. The molecule has 2 aromatic carbocycles. The molecular formula is C38H42N6O9. The summed E-state index contributed by atoms with van der Waals surface area (Å²) in [6.45, 7) is 0.0702. The largest absolute Gasteiger partial charge is 0.468 e. The van der Waals surface area contributed by atoms with Crippen molar-refractivity contribution in [3.05, 3.63) is 78.1 Å². The van der Waals surface area contributed by atoms with Gasteiger partial charge in [0.1, 0.15) is 5.69 Å². The van der Waals surface area contributed by atoms with E-state index >= 15 is 0 Å². The molecule has 2 heterocycles. The van der Waals surface area contributed by atoms with E-state index in [9.17, 15) is 24.0 Å². The number of anilines is 1. The van der Waals surface area contributed by atoms with Crippen molar-refractivity contribution in [1.82, 2.24) is 24.7 Å². The number of hydrogen-bond donors (Lipinski definition) is 1. The molecule has 0 aliphatic heterocycles. The lowest BCUT2D eigenvalue weighted by molar-refractivity contribution is -0.146. The van der Waals surface area contributed by atoms with Gasteiger partial charge in [0.15, 0.2) is 0 Å². The van der Waals surface area contributed by atoms with Gasteiger partial charge in [-0.25, -0.2) is 4.98 Å². The molecule has 1 N–H and O–H groups in total. The summed E-state index contributed by atoms with van der Waals surface area (Å²) in [5, 5.41) is 4.81. The molecule has 4 rings (SSSR count). The lowest BCUT2D eigenvalue weighted by atomic mass is 10.1. The van der Waals surface area contributed by atoms with Crippen LogP contribution in [0.5, 0.6) is 0 Å². The molecule has 0 atom stereocenters. The van der Waals surface area contributed by atoms with Crippen LogP contribution in [0.25, 0.3) is 21.8 Å². The number of pyridine rings is 2. The number of hydrogen-bond acceptors (Lipinski definition) is 14. The minimum absolute atomic E-state index is 0.112. The van der Waals surface area contributed by atoms with E-state index in [1.165, 1.54) is 33.3 Å². The Morgan fingerprint density at radius 3 is 1.64 bits per heavy atom. The molecule has 0 saturated carbocycles. The molecule has 0 fully saturated rings. The predicted octanol–water partition coefficient (Wildman–Crippen LogP) is 1.72. The molecular weight excluding hydrogens is 684 g/mol. The van der Waals surface area contributed by atoms with Crippen molar-refractivity contribution in [1.29, 1.82) is 0 Å². The summed E-state index contributed by atoms with van der Waals surface area (Å²) in [4.78, 5) is 75.4. The standard InChI is InChI=1S/C38H42N6O9/c1-50-33(46)23-42(19-21-44(25-35(48)52-3)26-36(49)53-4)18-20-43(24-34(47)51-2)22-32(45)40-30-13-7-27(8-14-30)9-15-31-16-12-29-11-10-28-6-5-17-39-37(28)38(29)41-31/h5-8,10-14,16-17H,18-26H2,1-4H3,(H,40,45). The number of methoxy groups -OCH3 is 4. The molecule has 53 heavy (non-hydrogen) atoms. The minimum Gasteiger partial charge on any atom is -0.468 e. The highest BCUT2D eigenvalue weighted by atomic mass is 16.5. The van der Waals surface area contributed by atoms with Gasteiger partial charge < -0.3 is 24.3 Å². The number of fused-ring (bicyclic) bond motifs is 3. The second-order valence-electron chi connectivity index (χ2n) is 11.8. The number of esters is 4. The Morgan fingerprint density at radius 2 is 1.08 bits per heavy atom. The second kappa shape index (κ2) is 20.2. The molecule has 0 radical (unpaired) electrons. The molecule has 0 saturated heterocycles. The summed E-state index contributed by atoms with van der Waals surface area (Å²) < 4.78 is 19.1. The molecule has 0 spiro atoms. The normalized spacial score (nSPS) is 10.9. The summed E-state index contributed by atoms with van der Waals surface area (Å²) in [6, 6.07) is 18.7. The van der Waals surface area contributed by atoms with E-state index in [2.05, 4.69) is 22.1 Å². The first kappa shape index (κ1) is 39.8. The number of ether oxygens (including phenoxy) is 4. The number of carbonyl (C=O) groups is 5. The van der Waals surface area contributed by atoms with E-state index < -0.39 is 23.9 Å². The van der Waals surface area contributed by atoms with Crippen molar-refractivity contribution < 1.29 is 42.9 Å². The van der Waals surface area contributed by atoms with Crippen molar-refractivity contribution in [2.45, 2.75) is 0 Å². The number of carbonyl (C=O) groups excluding carboxylic acids is 5. The average Bonchev–Trinajstić information content (AvgIpc) is 3.17. The van der Waals surface area contributed by atoms with Gasteiger partial charge in [0, 0.05) is 54.4 Å². The SMILES string of the molecule is COC(=O)CN(CCN(CC(=O)Nc1ccc(C#Cc2ccc3ccc4cccnc4c3n2)cc1)CC(=O)OC)CCN(CC(=O)OC)CC(=O)OC. The molecule has 2 aromatic heterocycles. The molecule has 15 heteroatoms. The Hall–Kier alpha value is -5.95. The van der Waals surface area contributed by atoms with Crippen LogP contribution in [0, 0.1) is 11.8 Å². The van der Waals surface area contributed by atoms with Gasteiger partial charge in [0.2, 0.25) is 5.91 Å². The highest BCUT2D eigenvalue weighted by Gasteiger charge is 2.21. The van der Waals surface area contributed by atoms with Crippen molar-refractivity contribution in [3.63, 3.8) is 0 Å². The summed E-state index contributed by atoms with van der Waals surface area (Å²) in [5.74, 6) is 3.68. The fourth-order valence-electron chi connectivity index (χ4n) is 5.22. The third-order valence-electron chi connectivity index (χ3n) is 8.09. The fraction of sp³-hybridized carbons (Fsp3) is 0.342. The monoisotopic (exact) mass is 726 g/mol. The number of nitrogens with one attached hydrogen (secondary N) is 1. The molecule has 0 unspecified atom stereocenters. The lowest BCUT2D eigenvalue weighted by Gasteiger charge is -2.28. The molecule has 0 bridgehead atoms. The van der Waals surface area contributed by atoms with Gasteiger partial charge in [0.05, 0.1) is 72.2 Å². The summed E-state index contributed by atoms with van der Waals surface area (Å²) >= 11 is 0. The van der Waals surface area contributed by atoms with Gasteiger partial charge in [-0.1, -0.05) is 24.1 Å². The van der Waals surface area contributed by atoms with Crippen LogP contribution in [0.4, 0.5) is 5.69 Å². The lowest BCUT2D eigenvalue weighted by Crippen LogP contribution is -2.46. The van der Waals surface area contributed by atoms with Crippen LogP contribution in [0.1, 0.15) is 11.3 Å². The zero-order valence-corrected chi connectivity index (χ0v) is 30.1. The number of rotatable bonds is 17. The van der Waals surface area contributed by atoms with Gasteiger partial charge in [-0.2, -0.15) is 0 Å². The first-order valence-corrected chi connectivity index (χ1v) is 16.6. The van der Waals surface area contributed by atoms with Crippen molar-refractivity contribution in [2.24, 2.45) is 0 Å². The smallest absolute Gasteiger partial charge is 0.319 e. The maximum Gasteiger partial charge on any atom is 0.319 e. The predicted molar refractivity (Wildman–Crippen MR) is 195 cm³/mol. The van der Waals surface area contributed by atoms with E-state index in [1.807, 2.05) is 36.4 Å². The molecule has 4 aromatic rings. The maximum atomic E-state index is 13.1. The van der Waals surface area contributed by atoms with Crippen molar-refractivity contribution in [3.8, 4) is 11.8 Å². The van der Waals surface area contributed by atoms with E-state index in [0.29, 0.717) is 11.4 Å². The van der Waals surface area contributed by atoms with E-state index in [0.717, 1.165) is 27.4 Å². The van der Waals surface area contributed by atoms with Crippen LogP contribution in [0.2, 0.25) is 0 Å². The third kappa shape index (κ3) is 12.6. The van der Waals surface area contributed by atoms with E-state index in [4.69, 9.17) is 23.9 Å². The zero-order chi connectivity index (χ0) is 38.2. The Kier molecular flexibility index (Phi) is 15.2. The Labute approximate surface area is 307 Å². The number of aromatic nitrogens is 2. The van der Waals surface area contributed by atoms with Gasteiger partial charge in [-0.3, -0.25) is 43.7 Å². The number of amides is 1. The first-order valence-electron chi connectivity index (χ1n) is 16.6. The first-order chi connectivity index (χ1) is 25.6.